The monoisotopic (exact) mass is 250 g/mol. The molecule has 1 aromatic heterocycles. The Bertz CT molecular complexity index is 501. The lowest BCUT2D eigenvalue weighted by Crippen LogP contribution is -1.97. The lowest BCUT2D eigenvalue weighted by Gasteiger charge is -2.08. The van der Waals surface area contributed by atoms with Crippen molar-refractivity contribution in [2.75, 3.05) is 0 Å². The van der Waals surface area contributed by atoms with Gasteiger partial charge in [0.2, 0.25) is 0 Å². The molecule has 1 aromatic carbocycles. The molecule has 0 spiro atoms. The van der Waals surface area contributed by atoms with Gasteiger partial charge in [-0.3, -0.25) is 0 Å². The van der Waals surface area contributed by atoms with Gasteiger partial charge in [0.1, 0.15) is 5.82 Å². The van der Waals surface area contributed by atoms with E-state index in [-0.39, 0.29) is 20.7 Å². The van der Waals surface area contributed by atoms with E-state index in [4.69, 9.17) is 0 Å². The quantitative estimate of drug-likeness (QED) is 0.754. The van der Waals surface area contributed by atoms with Crippen LogP contribution in [0.4, 0.5) is 4.39 Å². The Morgan fingerprint density at radius 1 is 1.22 bits per heavy atom. The Kier molecular flexibility index (Phi) is 5.76. The van der Waals surface area contributed by atoms with Crippen LogP contribution < -0.4 is 0 Å². The van der Waals surface area contributed by atoms with Crippen LogP contribution in [0.2, 0.25) is 0 Å². The zero-order valence-corrected chi connectivity index (χ0v) is 9.74. The predicted octanol–water partition coefficient (Wildman–Crippen LogP) is 4.72. The van der Waals surface area contributed by atoms with E-state index in [1.807, 2.05) is 19.2 Å². The molecular formula is C15H23FN2. The number of imidazole rings is 1. The molecule has 0 unspecified atom stereocenters. The molecule has 3 heteroatoms. The highest BCUT2D eigenvalue weighted by Gasteiger charge is 2.07. The van der Waals surface area contributed by atoms with Gasteiger partial charge < -0.3 is 4.57 Å². The number of hydrogen-bond acceptors (Lipinski definition) is 1. The van der Waals surface area contributed by atoms with E-state index in [0.717, 1.165) is 11.3 Å². The summed E-state index contributed by atoms with van der Waals surface area (Å²) in [6.07, 6.45) is 3.44. The first kappa shape index (κ1) is 16.4. The van der Waals surface area contributed by atoms with Crippen molar-refractivity contribution in [1.82, 2.24) is 9.55 Å². The van der Waals surface area contributed by atoms with Crippen LogP contribution in [0.5, 0.6) is 0 Å². The van der Waals surface area contributed by atoms with Crippen LogP contribution in [0.3, 0.4) is 0 Å². The van der Waals surface area contributed by atoms with Crippen LogP contribution in [0.25, 0.3) is 5.69 Å². The predicted molar refractivity (Wildman–Crippen MR) is 75.8 cm³/mol. The summed E-state index contributed by atoms with van der Waals surface area (Å²) in [5.41, 5.74) is 2.44. The highest BCUT2D eigenvalue weighted by Crippen LogP contribution is 2.20. The summed E-state index contributed by atoms with van der Waals surface area (Å²) < 4.78 is 15.6. The summed E-state index contributed by atoms with van der Waals surface area (Å²) in [6.45, 7) is 5.99. The number of nitrogens with zero attached hydrogens (tertiary/aromatic N) is 2. The first-order valence-electron chi connectivity index (χ1n) is 5.38. The lowest BCUT2D eigenvalue weighted by molar-refractivity contribution is 0.613. The van der Waals surface area contributed by atoms with E-state index in [9.17, 15) is 4.39 Å². The Hall–Kier alpha value is -1.64. The van der Waals surface area contributed by atoms with E-state index in [1.54, 1.807) is 23.0 Å². The van der Waals surface area contributed by atoms with E-state index >= 15 is 0 Å². The standard InChI is InChI=1S/C13H15FN2.2CH4/c1-9(2)11-4-5-13(12(14)6-11)16-7-10(3)15-8-16;;/h4-9H,1-3H3;2*1H4. The van der Waals surface area contributed by atoms with Gasteiger partial charge in [-0.25, -0.2) is 9.37 Å². The van der Waals surface area contributed by atoms with Gasteiger partial charge in [0.05, 0.1) is 17.7 Å². The molecule has 0 atom stereocenters. The highest BCUT2D eigenvalue weighted by atomic mass is 19.1. The minimum atomic E-state index is -0.205. The number of benzene rings is 1. The summed E-state index contributed by atoms with van der Waals surface area (Å²) in [5, 5.41) is 0. The molecule has 0 aliphatic rings. The third kappa shape index (κ3) is 3.19. The molecular weight excluding hydrogens is 227 g/mol. The molecule has 0 bridgehead atoms. The van der Waals surface area contributed by atoms with Crippen LogP contribution >= 0.6 is 0 Å². The fraction of sp³-hybridized carbons (Fsp3) is 0.400. The molecule has 2 rings (SSSR count). The molecule has 0 aliphatic heterocycles. The number of aromatic nitrogens is 2. The van der Waals surface area contributed by atoms with Crippen LogP contribution in [0.15, 0.2) is 30.7 Å². The van der Waals surface area contributed by atoms with Crippen molar-refractivity contribution in [1.29, 1.82) is 0 Å². The molecule has 2 aromatic rings. The third-order valence-electron chi connectivity index (χ3n) is 2.63. The Morgan fingerprint density at radius 2 is 1.89 bits per heavy atom. The minimum absolute atomic E-state index is 0. The van der Waals surface area contributed by atoms with Gasteiger partial charge in [0.15, 0.2) is 0 Å². The number of halogens is 1. The fourth-order valence-corrected chi connectivity index (χ4v) is 1.64. The summed E-state index contributed by atoms with van der Waals surface area (Å²) in [4.78, 5) is 4.09. The van der Waals surface area contributed by atoms with Crippen LogP contribution in [0, 0.1) is 12.7 Å². The van der Waals surface area contributed by atoms with Crippen molar-refractivity contribution in [3.05, 3.63) is 47.8 Å². The van der Waals surface area contributed by atoms with Crippen molar-refractivity contribution in [3.63, 3.8) is 0 Å². The number of rotatable bonds is 2. The van der Waals surface area contributed by atoms with Crippen LogP contribution in [-0.2, 0) is 0 Å². The van der Waals surface area contributed by atoms with E-state index < -0.39 is 0 Å². The first-order valence-corrected chi connectivity index (χ1v) is 5.38. The smallest absolute Gasteiger partial charge is 0.147 e. The zero-order chi connectivity index (χ0) is 11.7. The zero-order valence-electron chi connectivity index (χ0n) is 9.74. The average molecular weight is 250 g/mol. The molecule has 0 saturated carbocycles. The maximum Gasteiger partial charge on any atom is 0.147 e. The Morgan fingerprint density at radius 3 is 2.33 bits per heavy atom. The molecule has 0 fully saturated rings. The second-order valence-corrected chi connectivity index (χ2v) is 4.29. The second-order valence-electron chi connectivity index (χ2n) is 4.29. The molecule has 100 valence electrons. The fourth-order valence-electron chi connectivity index (χ4n) is 1.64. The minimum Gasteiger partial charge on any atom is -0.303 e. The summed E-state index contributed by atoms with van der Waals surface area (Å²) in [7, 11) is 0. The topological polar surface area (TPSA) is 17.8 Å². The van der Waals surface area contributed by atoms with Gasteiger partial charge >= 0.3 is 0 Å². The van der Waals surface area contributed by atoms with E-state index in [1.165, 1.54) is 0 Å². The van der Waals surface area contributed by atoms with Gasteiger partial charge in [-0.1, -0.05) is 34.8 Å². The normalized spacial score (nSPS) is 9.83. The number of hydrogen-bond donors (Lipinski definition) is 0. The number of aryl methyl sites for hydroxylation is 1. The molecule has 2 nitrogen and oxygen atoms in total. The molecule has 0 saturated heterocycles. The summed E-state index contributed by atoms with van der Waals surface area (Å²) in [6, 6.07) is 5.35. The second kappa shape index (κ2) is 6.34. The molecule has 0 aliphatic carbocycles. The first-order chi connectivity index (χ1) is 7.58. The maximum atomic E-state index is 13.9. The van der Waals surface area contributed by atoms with Gasteiger partial charge in [0.25, 0.3) is 0 Å². The van der Waals surface area contributed by atoms with Gasteiger partial charge in [-0.2, -0.15) is 0 Å². The van der Waals surface area contributed by atoms with E-state index in [2.05, 4.69) is 18.8 Å². The van der Waals surface area contributed by atoms with Crippen LogP contribution in [0.1, 0.15) is 45.9 Å². The van der Waals surface area contributed by atoms with E-state index in [0.29, 0.717) is 11.6 Å². The third-order valence-corrected chi connectivity index (χ3v) is 2.63. The largest absolute Gasteiger partial charge is 0.303 e. The molecule has 0 N–H and O–H groups in total. The maximum absolute atomic E-state index is 13.9. The highest BCUT2D eigenvalue weighted by molar-refractivity contribution is 5.37. The van der Waals surface area contributed by atoms with Crippen molar-refractivity contribution in [3.8, 4) is 5.69 Å². The van der Waals surface area contributed by atoms with Crippen LogP contribution in [-0.4, -0.2) is 9.55 Å². The van der Waals surface area contributed by atoms with Crippen molar-refractivity contribution < 1.29 is 4.39 Å². The lowest BCUT2D eigenvalue weighted by atomic mass is 10.0. The van der Waals surface area contributed by atoms with Crippen molar-refractivity contribution in [2.24, 2.45) is 0 Å². The summed E-state index contributed by atoms with van der Waals surface area (Å²) in [5.74, 6) is 0.136. The Balaban J connectivity index is 0.00000144. The van der Waals surface area contributed by atoms with Crippen molar-refractivity contribution >= 4 is 0 Å². The molecule has 0 radical (unpaired) electrons. The average Bonchev–Trinajstić information content (AvgIpc) is 2.64. The SMILES string of the molecule is C.C.Cc1cn(-c2ccc(C(C)C)cc2F)cn1. The summed E-state index contributed by atoms with van der Waals surface area (Å²) >= 11 is 0. The molecule has 1 heterocycles. The van der Waals surface area contributed by atoms with Gasteiger partial charge in [-0.05, 0) is 30.5 Å². The van der Waals surface area contributed by atoms with Gasteiger partial charge in [-0.15, -0.1) is 0 Å². The molecule has 0 amide bonds. The molecule has 18 heavy (non-hydrogen) atoms. The Labute approximate surface area is 109 Å². The van der Waals surface area contributed by atoms with Crippen molar-refractivity contribution in [2.45, 2.75) is 41.5 Å². The van der Waals surface area contributed by atoms with Gasteiger partial charge in [0, 0.05) is 6.20 Å².